The summed E-state index contributed by atoms with van der Waals surface area (Å²) in [6.07, 6.45) is 1.69. The molecule has 2 heterocycles. The predicted molar refractivity (Wildman–Crippen MR) is 66.0 cm³/mol. The molecule has 2 rings (SSSR count). The van der Waals surface area contributed by atoms with Gasteiger partial charge in [0, 0.05) is 32.4 Å². The molecule has 86 valence electrons. The van der Waals surface area contributed by atoms with Crippen LogP contribution in [0.3, 0.4) is 0 Å². The van der Waals surface area contributed by atoms with Gasteiger partial charge in [-0.1, -0.05) is 0 Å². The number of hydrogen-bond acceptors (Lipinski definition) is 5. The SMILES string of the molecule is Cl.Cl.Nc1ccnc(N2CCNCC2)n1. The first kappa shape index (κ1) is 14.2. The fourth-order valence-electron chi connectivity index (χ4n) is 1.38. The highest BCUT2D eigenvalue weighted by Crippen LogP contribution is 2.08. The van der Waals surface area contributed by atoms with E-state index in [4.69, 9.17) is 5.73 Å². The molecule has 3 N–H and O–H groups in total. The number of nitrogen functional groups attached to an aromatic ring is 1. The van der Waals surface area contributed by atoms with Gasteiger partial charge in [0.1, 0.15) is 5.82 Å². The molecule has 1 aliphatic heterocycles. The highest BCUT2D eigenvalue weighted by molar-refractivity contribution is 5.85. The van der Waals surface area contributed by atoms with Gasteiger partial charge in [-0.05, 0) is 6.07 Å². The number of hydrogen-bond donors (Lipinski definition) is 2. The average molecular weight is 252 g/mol. The molecule has 7 heteroatoms. The van der Waals surface area contributed by atoms with E-state index in [2.05, 4.69) is 20.2 Å². The Balaban J connectivity index is 0.000000980. The second kappa shape index (κ2) is 6.66. The van der Waals surface area contributed by atoms with Gasteiger partial charge >= 0.3 is 0 Å². The van der Waals surface area contributed by atoms with Crippen molar-refractivity contribution in [2.75, 3.05) is 36.8 Å². The molecule has 0 radical (unpaired) electrons. The summed E-state index contributed by atoms with van der Waals surface area (Å²) in [5.74, 6) is 1.27. The number of piperazine rings is 1. The second-order valence-corrected chi connectivity index (χ2v) is 3.02. The quantitative estimate of drug-likeness (QED) is 0.753. The summed E-state index contributed by atoms with van der Waals surface area (Å²) in [6.45, 7) is 3.86. The van der Waals surface area contributed by atoms with Crippen LogP contribution in [-0.2, 0) is 0 Å². The number of aromatic nitrogens is 2. The number of nitrogens with one attached hydrogen (secondary N) is 1. The van der Waals surface area contributed by atoms with E-state index in [1.54, 1.807) is 12.3 Å². The Morgan fingerprint density at radius 3 is 2.53 bits per heavy atom. The summed E-state index contributed by atoms with van der Waals surface area (Å²) >= 11 is 0. The van der Waals surface area contributed by atoms with E-state index < -0.39 is 0 Å². The molecule has 1 aromatic rings. The molecule has 0 aromatic carbocycles. The smallest absolute Gasteiger partial charge is 0.227 e. The van der Waals surface area contributed by atoms with Gasteiger partial charge in [-0.15, -0.1) is 24.8 Å². The lowest BCUT2D eigenvalue weighted by molar-refractivity contribution is 0.580. The van der Waals surface area contributed by atoms with Crippen molar-refractivity contribution in [1.29, 1.82) is 0 Å². The van der Waals surface area contributed by atoms with Crippen LogP contribution in [-0.4, -0.2) is 36.1 Å². The van der Waals surface area contributed by atoms with Crippen LogP contribution >= 0.6 is 24.8 Å². The van der Waals surface area contributed by atoms with Gasteiger partial charge in [-0.25, -0.2) is 4.98 Å². The van der Waals surface area contributed by atoms with Crippen molar-refractivity contribution >= 4 is 36.6 Å². The van der Waals surface area contributed by atoms with E-state index in [-0.39, 0.29) is 24.8 Å². The lowest BCUT2D eigenvalue weighted by atomic mass is 10.4. The van der Waals surface area contributed by atoms with Gasteiger partial charge in [0.15, 0.2) is 0 Å². The van der Waals surface area contributed by atoms with Gasteiger partial charge in [0.25, 0.3) is 0 Å². The van der Waals surface area contributed by atoms with E-state index in [0.717, 1.165) is 32.1 Å². The molecular formula is C8H15Cl2N5. The molecule has 5 nitrogen and oxygen atoms in total. The first-order valence-electron chi connectivity index (χ1n) is 4.40. The molecule has 1 aromatic heterocycles. The Bertz CT molecular complexity index is 290. The molecular weight excluding hydrogens is 237 g/mol. The molecule has 1 saturated heterocycles. The maximum Gasteiger partial charge on any atom is 0.227 e. The van der Waals surface area contributed by atoms with Crippen molar-refractivity contribution in [3.05, 3.63) is 12.3 Å². The maximum atomic E-state index is 5.57. The first-order valence-corrected chi connectivity index (χ1v) is 4.40. The third kappa shape index (κ3) is 3.70. The molecule has 0 bridgehead atoms. The van der Waals surface area contributed by atoms with E-state index >= 15 is 0 Å². The van der Waals surface area contributed by atoms with E-state index in [1.807, 2.05) is 0 Å². The summed E-state index contributed by atoms with van der Waals surface area (Å²) in [6, 6.07) is 1.70. The largest absolute Gasteiger partial charge is 0.384 e. The Hall–Kier alpha value is -0.780. The van der Waals surface area contributed by atoms with Crippen LogP contribution < -0.4 is 16.0 Å². The molecule has 0 amide bonds. The highest BCUT2D eigenvalue weighted by atomic mass is 35.5. The lowest BCUT2D eigenvalue weighted by Crippen LogP contribution is -2.44. The fourth-order valence-corrected chi connectivity index (χ4v) is 1.38. The maximum absolute atomic E-state index is 5.57. The topological polar surface area (TPSA) is 67.1 Å². The highest BCUT2D eigenvalue weighted by Gasteiger charge is 2.12. The molecule has 0 aliphatic carbocycles. The van der Waals surface area contributed by atoms with Crippen LogP contribution in [0.4, 0.5) is 11.8 Å². The Kier molecular flexibility index (Phi) is 6.31. The zero-order valence-electron chi connectivity index (χ0n) is 8.22. The zero-order chi connectivity index (χ0) is 9.10. The van der Waals surface area contributed by atoms with E-state index in [1.165, 1.54) is 0 Å². The van der Waals surface area contributed by atoms with Crippen LogP contribution in [0.1, 0.15) is 0 Å². The van der Waals surface area contributed by atoms with Gasteiger partial charge in [-0.2, -0.15) is 4.98 Å². The minimum atomic E-state index is 0. The van der Waals surface area contributed by atoms with Gasteiger partial charge in [0.2, 0.25) is 5.95 Å². The van der Waals surface area contributed by atoms with Crippen molar-refractivity contribution in [2.45, 2.75) is 0 Å². The molecule has 1 fully saturated rings. The molecule has 1 aliphatic rings. The minimum absolute atomic E-state index is 0. The fraction of sp³-hybridized carbons (Fsp3) is 0.500. The van der Waals surface area contributed by atoms with Crippen LogP contribution in [0, 0.1) is 0 Å². The summed E-state index contributed by atoms with van der Waals surface area (Å²) in [5.41, 5.74) is 5.57. The number of nitrogens with two attached hydrogens (primary N) is 1. The van der Waals surface area contributed by atoms with Crippen LogP contribution in [0.15, 0.2) is 12.3 Å². The molecule has 0 unspecified atom stereocenters. The molecule has 0 atom stereocenters. The third-order valence-corrected chi connectivity index (χ3v) is 2.06. The standard InChI is InChI=1S/C8H13N5.2ClH/c9-7-1-2-11-8(12-7)13-5-3-10-4-6-13;;/h1-2,10H,3-6H2,(H2,9,11,12);2*1H. The molecule has 0 spiro atoms. The zero-order valence-corrected chi connectivity index (χ0v) is 9.85. The lowest BCUT2D eigenvalue weighted by Gasteiger charge is -2.27. The number of nitrogens with zero attached hydrogens (tertiary/aromatic N) is 3. The average Bonchev–Trinajstić information content (AvgIpc) is 2.19. The third-order valence-electron chi connectivity index (χ3n) is 2.06. The van der Waals surface area contributed by atoms with Crippen molar-refractivity contribution in [3.63, 3.8) is 0 Å². The first-order chi connectivity index (χ1) is 6.36. The van der Waals surface area contributed by atoms with E-state index in [0.29, 0.717) is 5.82 Å². The summed E-state index contributed by atoms with van der Waals surface area (Å²) in [4.78, 5) is 10.5. The Labute approximate surface area is 101 Å². The van der Waals surface area contributed by atoms with Gasteiger partial charge in [0.05, 0.1) is 0 Å². The van der Waals surface area contributed by atoms with Crippen molar-refractivity contribution in [2.24, 2.45) is 0 Å². The normalized spacial score (nSPS) is 15.1. The summed E-state index contributed by atoms with van der Waals surface area (Å²) in [5, 5.41) is 3.27. The monoisotopic (exact) mass is 251 g/mol. The number of halogens is 2. The van der Waals surface area contributed by atoms with Crippen molar-refractivity contribution in [3.8, 4) is 0 Å². The second-order valence-electron chi connectivity index (χ2n) is 3.02. The summed E-state index contributed by atoms with van der Waals surface area (Å²) in [7, 11) is 0. The van der Waals surface area contributed by atoms with Gasteiger partial charge < -0.3 is 16.0 Å². The minimum Gasteiger partial charge on any atom is -0.384 e. The summed E-state index contributed by atoms with van der Waals surface area (Å²) < 4.78 is 0. The van der Waals surface area contributed by atoms with Crippen LogP contribution in [0.2, 0.25) is 0 Å². The molecule has 0 saturated carbocycles. The van der Waals surface area contributed by atoms with Crippen LogP contribution in [0.5, 0.6) is 0 Å². The number of rotatable bonds is 1. The van der Waals surface area contributed by atoms with Crippen molar-refractivity contribution < 1.29 is 0 Å². The Morgan fingerprint density at radius 2 is 1.93 bits per heavy atom. The predicted octanol–water partition coefficient (Wildman–Crippen LogP) is 0.312. The van der Waals surface area contributed by atoms with Gasteiger partial charge in [-0.3, -0.25) is 0 Å². The van der Waals surface area contributed by atoms with Crippen molar-refractivity contribution in [1.82, 2.24) is 15.3 Å². The van der Waals surface area contributed by atoms with E-state index in [9.17, 15) is 0 Å². The molecule has 15 heavy (non-hydrogen) atoms. The Morgan fingerprint density at radius 1 is 1.27 bits per heavy atom. The number of anilines is 2. The van der Waals surface area contributed by atoms with Crippen LogP contribution in [0.25, 0.3) is 0 Å².